The number of rotatable bonds is 2. The average Bonchev–Trinajstić information content (AvgIpc) is 1.30. The van der Waals surface area contributed by atoms with Crippen LogP contribution in [0.15, 0.2) is 0 Å². The van der Waals surface area contributed by atoms with E-state index in [1.54, 1.807) is 6.92 Å². The fraction of sp³-hybridized carbons (Fsp3) is 0.750. The SMILES string of the molecule is C[CH]CC(F)(F)Br. The summed E-state index contributed by atoms with van der Waals surface area (Å²) in [5, 5.41) is 0. The molecule has 0 saturated heterocycles. The van der Waals surface area contributed by atoms with Gasteiger partial charge in [0.25, 0.3) is 0 Å². The van der Waals surface area contributed by atoms with Gasteiger partial charge in [-0.05, 0) is 22.4 Å². The Morgan fingerprint density at radius 3 is 2.14 bits per heavy atom. The predicted molar refractivity (Wildman–Crippen MR) is 28.5 cm³/mol. The van der Waals surface area contributed by atoms with Crippen LogP contribution >= 0.6 is 15.9 Å². The molecule has 0 unspecified atom stereocenters. The van der Waals surface area contributed by atoms with Crippen LogP contribution < -0.4 is 0 Å². The van der Waals surface area contributed by atoms with Gasteiger partial charge in [-0.25, -0.2) is 0 Å². The summed E-state index contributed by atoms with van der Waals surface area (Å²) < 4.78 is 23.2. The van der Waals surface area contributed by atoms with Gasteiger partial charge in [0.15, 0.2) is 0 Å². The Morgan fingerprint density at radius 2 is 2.14 bits per heavy atom. The van der Waals surface area contributed by atoms with Gasteiger partial charge >= 0.3 is 4.83 Å². The first kappa shape index (κ1) is 7.34. The number of hydrogen-bond donors (Lipinski definition) is 0. The van der Waals surface area contributed by atoms with Gasteiger partial charge in [-0.3, -0.25) is 0 Å². The van der Waals surface area contributed by atoms with E-state index in [1.807, 2.05) is 0 Å². The third-order valence-corrected chi connectivity index (χ3v) is 0.759. The van der Waals surface area contributed by atoms with Gasteiger partial charge in [0.1, 0.15) is 0 Å². The van der Waals surface area contributed by atoms with Crippen molar-refractivity contribution >= 4 is 15.9 Å². The summed E-state index contributed by atoms with van der Waals surface area (Å²) in [4.78, 5) is -2.69. The molecule has 0 aromatic carbocycles. The predicted octanol–water partition coefficient (Wildman–Crippen LogP) is 2.59. The molecule has 3 heteroatoms. The zero-order chi connectivity index (χ0) is 5.91. The molecule has 0 atom stereocenters. The molecule has 0 aliphatic carbocycles. The van der Waals surface area contributed by atoms with E-state index in [2.05, 4.69) is 15.9 Å². The van der Waals surface area contributed by atoms with Gasteiger partial charge in [0.05, 0.1) is 0 Å². The van der Waals surface area contributed by atoms with Crippen LogP contribution in [-0.2, 0) is 0 Å². The normalized spacial score (nSPS) is 12.0. The van der Waals surface area contributed by atoms with E-state index < -0.39 is 4.83 Å². The van der Waals surface area contributed by atoms with Crippen molar-refractivity contribution in [3.63, 3.8) is 0 Å². The Balaban J connectivity index is 3.15. The largest absolute Gasteiger partial charge is 0.301 e. The molecular weight excluding hydrogens is 166 g/mol. The molecule has 7 heavy (non-hydrogen) atoms. The summed E-state index contributed by atoms with van der Waals surface area (Å²) in [6.07, 6.45) is 1.21. The highest BCUT2D eigenvalue weighted by Crippen LogP contribution is 2.26. The molecule has 0 nitrogen and oxygen atoms in total. The minimum absolute atomic E-state index is 0.201. The van der Waals surface area contributed by atoms with E-state index in [1.165, 1.54) is 6.42 Å². The second kappa shape index (κ2) is 2.60. The first-order chi connectivity index (χ1) is 3.06. The van der Waals surface area contributed by atoms with Crippen molar-refractivity contribution in [2.24, 2.45) is 0 Å². The highest BCUT2D eigenvalue weighted by atomic mass is 79.9. The zero-order valence-electron chi connectivity index (χ0n) is 3.92. The van der Waals surface area contributed by atoms with E-state index in [9.17, 15) is 8.78 Å². The van der Waals surface area contributed by atoms with Crippen LogP contribution in [-0.4, -0.2) is 4.83 Å². The molecular formula is C4H6BrF2. The van der Waals surface area contributed by atoms with E-state index in [0.717, 1.165) is 0 Å². The number of halogens is 3. The minimum atomic E-state index is -2.69. The number of alkyl halides is 3. The maximum Gasteiger partial charge on any atom is 0.301 e. The summed E-state index contributed by atoms with van der Waals surface area (Å²) >= 11 is 2.17. The molecule has 43 valence electrons. The van der Waals surface area contributed by atoms with Crippen molar-refractivity contribution in [1.82, 2.24) is 0 Å². The van der Waals surface area contributed by atoms with Gasteiger partial charge in [-0.1, -0.05) is 6.92 Å². The highest BCUT2D eigenvalue weighted by molar-refractivity contribution is 9.10. The summed E-state index contributed by atoms with van der Waals surface area (Å²) in [5.74, 6) is 0. The van der Waals surface area contributed by atoms with Gasteiger partial charge in [0.2, 0.25) is 0 Å². The van der Waals surface area contributed by atoms with Crippen LogP contribution in [0.4, 0.5) is 8.78 Å². The van der Waals surface area contributed by atoms with Crippen molar-refractivity contribution in [1.29, 1.82) is 0 Å². The molecule has 0 fully saturated rings. The Bertz CT molecular complexity index is 48.1. The molecule has 0 aromatic rings. The van der Waals surface area contributed by atoms with Crippen molar-refractivity contribution in [3.8, 4) is 0 Å². The summed E-state index contributed by atoms with van der Waals surface area (Å²) in [5.41, 5.74) is 0. The summed E-state index contributed by atoms with van der Waals surface area (Å²) in [6.45, 7) is 1.59. The highest BCUT2D eigenvalue weighted by Gasteiger charge is 2.21. The monoisotopic (exact) mass is 171 g/mol. The van der Waals surface area contributed by atoms with Crippen LogP contribution in [0.2, 0.25) is 0 Å². The zero-order valence-corrected chi connectivity index (χ0v) is 5.50. The fourth-order valence-corrected chi connectivity index (χ4v) is 0.555. The minimum Gasteiger partial charge on any atom is -0.194 e. The van der Waals surface area contributed by atoms with Crippen LogP contribution in [0.1, 0.15) is 13.3 Å². The molecule has 0 aromatic heterocycles. The smallest absolute Gasteiger partial charge is 0.194 e. The summed E-state index contributed by atoms with van der Waals surface area (Å²) in [6, 6.07) is 0. The Hall–Kier alpha value is 0.340. The average molecular weight is 172 g/mol. The van der Waals surface area contributed by atoms with Crippen molar-refractivity contribution in [2.45, 2.75) is 18.2 Å². The van der Waals surface area contributed by atoms with E-state index in [0.29, 0.717) is 0 Å². The molecule has 1 radical (unpaired) electrons. The van der Waals surface area contributed by atoms with Crippen molar-refractivity contribution in [2.75, 3.05) is 0 Å². The fourth-order valence-electron chi connectivity index (χ4n) is 0.231. The molecule has 0 bridgehead atoms. The van der Waals surface area contributed by atoms with Crippen molar-refractivity contribution < 1.29 is 8.78 Å². The molecule has 0 amide bonds. The maximum atomic E-state index is 11.6. The molecule has 0 aliphatic rings. The quantitative estimate of drug-likeness (QED) is 0.561. The first-order valence-electron chi connectivity index (χ1n) is 1.91. The molecule has 0 rings (SSSR count). The molecule has 0 heterocycles. The van der Waals surface area contributed by atoms with Gasteiger partial charge in [0, 0.05) is 6.42 Å². The van der Waals surface area contributed by atoms with Crippen LogP contribution in [0.25, 0.3) is 0 Å². The third kappa shape index (κ3) is 6.34. The van der Waals surface area contributed by atoms with E-state index in [4.69, 9.17) is 0 Å². The van der Waals surface area contributed by atoms with Crippen LogP contribution in [0.5, 0.6) is 0 Å². The van der Waals surface area contributed by atoms with E-state index in [-0.39, 0.29) is 6.42 Å². The topological polar surface area (TPSA) is 0 Å². The second-order valence-corrected chi connectivity index (χ2v) is 2.39. The lowest BCUT2D eigenvalue weighted by Crippen LogP contribution is -2.02. The lowest BCUT2D eigenvalue weighted by Gasteiger charge is -2.02. The van der Waals surface area contributed by atoms with Gasteiger partial charge in [-0.2, -0.15) is 8.78 Å². The Morgan fingerprint density at radius 1 is 1.71 bits per heavy atom. The van der Waals surface area contributed by atoms with Crippen molar-refractivity contribution in [3.05, 3.63) is 6.42 Å². The number of hydrogen-bond acceptors (Lipinski definition) is 0. The molecule has 0 spiro atoms. The van der Waals surface area contributed by atoms with E-state index >= 15 is 0 Å². The third-order valence-electron chi connectivity index (χ3n) is 0.436. The van der Waals surface area contributed by atoms with Crippen LogP contribution in [0, 0.1) is 6.42 Å². The van der Waals surface area contributed by atoms with Gasteiger partial charge in [-0.15, -0.1) is 0 Å². The standard InChI is InChI=1S/C4H6BrF2/c1-2-3-4(5,6)7/h2H,3H2,1H3. The molecule has 0 saturated carbocycles. The maximum absolute atomic E-state index is 11.6. The molecule has 0 N–H and O–H groups in total. The summed E-state index contributed by atoms with van der Waals surface area (Å²) in [7, 11) is 0. The lowest BCUT2D eigenvalue weighted by atomic mass is 10.4. The van der Waals surface area contributed by atoms with Gasteiger partial charge < -0.3 is 0 Å². The Labute approximate surface area is 50.0 Å². The molecule has 0 aliphatic heterocycles. The lowest BCUT2D eigenvalue weighted by molar-refractivity contribution is 0.114. The Kier molecular flexibility index (Phi) is 2.73. The van der Waals surface area contributed by atoms with Crippen LogP contribution in [0.3, 0.4) is 0 Å². The second-order valence-electron chi connectivity index (χ2n) is 1.23. The first-order valence-corrected chi connectivity index (χ1v) is 2.70.